The van der Waals surface area contributed by atoms with Crippen molar-refractivity contribution in [2.45, 2.75) is 26.9 Å². The van der Waals surface area contributed by atoms with E-state index in [4.69, 9.17) is 4.74 Å². The molecular formula is C17H20N4O. The number of hydrogen-bond donors (Lipinski definition) is 1. The van der Waals surface area contributed by atoms with E-state index in [1.807, 2.05) is 54.9 Å². The van der Waals surface area contributed by atoms with E-state index in [1.54, 1.807) is 6.20 Å². The van der Waals surface area contributed by atoms with Crippen molar-refractivity contribution >= 4 is 11.3 Å². The van der Waals surface area contributed by atoms with E-state index in [-0.39, 0.29) is 6.10 Å². The van der Waals surface area contributed by atoms with Gasteiger partial charge in [-0.3, -0.25) is 0 Å². The average Bonchev–Trinajstić information content (AvgIpc) is 2.88. The van der Waals surface area contributed by atoms with Gasteiger partial charge in [-0.05, 0) is 39.0 Å². The monoisotopic (exact) mass is 296 g/mol. The minimum Gasteiger partial charge on any atom is -0.489 e. The van der Waals surface area contributed by atoms with Gasteiger partial charge >= 0.3 is 0 Å². The second-order valence-corrected chi connectivity index (χ2v) is 5.51. The van der Waals surface area contributed by atoms with Crippen molar-refractivity contribution in [3.8, 4) is 5.75 Å². The lowest BCUT2D eigenvalue weighted by Crippen LogP contribution is -2.23. The van der Waals surface area contributed by atoms with Crippen LogP contribution < -0.4 is 10.1 Å². The predicted molar refractivity (Wildman–Crippen MR) is 87.5 cm³/mol. The van der Waals surface area contributed by atoms with Crippen molar-refractivity contribution in [2.75, 3.05) is 11.9 Å². The van der Waals surface area contributed by atoms with Crippen LogP contribution in [0.5, 0.6) is 5.75 Å². The number of anilines is 1. The Morgan fingerprint density at radius 2 is 2.00 bits per heavy atom. The Balaban J connectivity index is 1.64. The molecule has 0 saturated carbocycles. The molecule has 5 nitrogen and oxygen atoms in total. The quantitative estimate of drug-likeness (QED) is 0.785. The molecular weight excluding hydrogens is 276 g/mol. The molecule has 0 aliphatic rings. The summed E-state index contributed by atoms with van der Waals surface area (Å²) >= 11 is 0. The zero-order chi connectivity index (χ0) is 15.5. The second-order valence-electron chi connectivity index (χ2n) is 5.51. The molecule has 1 unspecified atom stereocenters. The number of fused-ring (bicyclic) bond motifs is 1. The highest BCUT2D eigenvalue weighted by atomic mass is 16.5. The van der Waals surface area contributed by atoms with Gasteiger partial charge in [0, 0.05) is 12.4 Å². The van der Waals surface area contributed by atoms with Gasteiger partial charge in [0.2, 0.25) is 0 Å². The summed E-state index contributed by atoms with van der Waals surface area (Å²) in [5, 5.41) is 7.72. The van der Waals surface area contributed by atoms with Crippen molar-refractivity contribution in [1.82, 2.24) is 14.6 Å². The van der Waals surface area contributed by atoms with Crippen molar-refractivity contribution in [1.29, 1.82) is 0 Å². The fraction of sp³-hybridized carbons (Fsp3) is 0.294. The Hall–Kier alpha value is -2.56. The van der Waals surface area contributed by atoms with Crippen LogP contribution in [0, 0.1) is 13.8 Å². The van der Waals surface area contributed by atoms with E-state index in [9.17, 15) is 0 Å². The van der Waals surface area contributed by atoms with Crippen LogP contribution in [-0.4, -0.2) is 27.2 Å². The van der Waals surface area contributed by atoms with Gasteiger partial charge in [-0.25, -0.2) is 9.50 Å². The Morgan fingerprint density at radius 3 is 2.77 bits per heavy atom. The zero-order valence-corrected chi connectivity index (χ0v) is 13.1. The lowest BCUT2D eigenvalue weighted by Gasteiger charge is -2.16. The molecule has 114 valence electrons. The molecule has 1 aromatic carbocycles. The van der Waals surface area contributed by atoms with E-state index < -0.39 is 0 Å². The molecule has 5 heteroatoms. The van der Waals surface area contributed by atoms with Crippen LogP contribution in [-0.2, 0) is 0 Å². The topological polar surface area (TPSA) is 51.5 Å². The molecule has 0 fully saturated rings. The highest BCUT2D eigenvalue weighted by molar-refractivity contribution is 5.67. The number of hydrogen-bond acceptors (Lipinski definition) is 4. The van der Waals surface area contributed by atoms with Gasteiger partial charge in [-0.2, -0.15) is 5.10 Å². The van der Waals surface area contributed by atoms with Crippen LogP contribution in [0.15, 0.2) is 42.7 Å². The fourth-order valence-electron chi connectivity index (χ4n) is 2.31. The minimum absolute atomic E-state index is 0.0359. The maximum atomic E-state index is 5.90. The number of ether oxygens (including phenoxy) is 1. The van der Waals surface area contributed by atoms with Gasteiger partial charge in [-0.1, -0.05) is 17.7 Å². The van der Waals surface area contributed by atoms with Crippen LogP contribution >= 0.6 is 0 Å². The summed E-state index contributed by atoms with van der Waals surface area (Å²) in [5.41, 5.74) is 3.17. The van der Waals surface area contributed by atoms with Gasteiger partial charge in [0.1, 0.15) is 17.4 Å². The van der Waals surface area contributed by atoms with Gasteiger partial charge in [0.25, 0.3) is 0 Å². The molecule has 2 heterocycles. The Kier molecular flexibility index (Phi) is 3.96. The normalized spacial score (nSPS) is 12.3. The summed E-state index contributed by atoms with van der Waals surface area (Å²) in [5.74, 6) is 1.70. The van der Waals surface area contributed by atoms with E-state index in [2.05, 4.69) is 22.3 Å². The largest absolute Gasteiger partial charge is 0.489 e. The molecule has 3 aromatic rings. The van der Waals surface area contributed by atoms with E-state index >= 15 is 0 Å². The number of aromatic nitrogens is 3. The summed E-state index contributed by atoms with van der Waals surface area (Å²) in [7, 11) is 0. The van der Waals surface area contributed by atoms with Gasteiger partial charge < -0.3 is 10.1 Å². The molecule has 0 bridgehead atoms. The van der Waals surface area contributed by atoms with E-state index in [0.717, 1.165) is 22.8 Å². The zero-order valence-electron chi connectivity index (χ0n) is 13.1. The van der Waals surface area contributed by atoms with Crippen molar-refractivity contribution in [3.05, 3.63) is 54.0 Å². The van der Waals surface area contributed by atoms with Crippen molar-refractivity contribution in [2.24, 2.45) is 0 Å². The first-order valence-electron chi connectivity index (χ1n) is 7.40. The smallest absolute Gasteiger partial charge is 0.152 e. The third-order valence-electron chi connectivity index (χ3n) is 3.43. The third-order valence-corrected chi connectivity index (χ3v) is 3.43. The van der Waals surface area contributed by atoms with Crippen LogP contribution in [0.1, 0.15) is 18.2 Å². The molecule has 0 aliphatic heterocycles. The maximum absolute atomic E-state index is 5.90. The van der Waals surface area contributed by atoms with Gasteiger partial charge in [0.15, 0.2) is 5.82 Å². The molecule has 2 aromatic heterocycles. The van der Waals surface area contributed by atoms with Crippen LogP contribution in [0.4, 0.5) is 5.82 Å². The SMILES string of the molecule is Cc1ccc(OC(C)CNc2nccn3nc(C)cc23)cc1. The number of aryl methyl sites for hydroxylation is 2. The van der Waals surface area contributed by atoms with Crippen LogP contribution in [0.2, 0.25) is 0 Å². The standard InChI is InChI=1S/C17H20N4O/c1-12-4-6-15(7-5-12)22-14(3)11-19-17-16-10-13(2)20-21(16)9-8-18-17/h4-10,14H,11H2,1-3H3,(H,18,19). The molecule has 0 aliphatic carbocycles. The molecule has 3 rings (SSSR count). The van der Waals surface area contributed by atoms with E-state index in [1.165, 1.54) is 5.56 Å². The fourth-order valence-corrected chi connectivity index (χ4v) is 2.31. The molecule has 1 atom stereocenters. The van der Waals surface area contributed by atoms with Crippen LogP contribution in [0.3, 0.4) is 0 Å². The Labute approximate surface area is 130 Å². The summed E-state index contributed by atoms with van der Waals surface area (Å²) < 4.78 is 7.73. The van der Waals surface area contributed by atoms with E-state index in [0.29, 0.717) is 6.54 Å². The highest BCUT2D eigenvalue weighted by Gasteiger charge is 2.08. The number of nitrogens with one attached hydrogen (secondary N) is 1. The van der Waals surface area contributed by atoms with Crippen molar-refractivity contribution < 1.29 is 4.74 Å². The first-order valence-corrected chi connectivity index (χ1v) is 7.40. The van der Waals surface area contributed by atoms with Crippen molar-refractivity contribution in [3.63, 3.8) is 0 Å². The first kappa shape index (κ1) is 14.4. The minimum atomic E-state index is 0.0359. The first-order chi connectivity index (χ1) is 10.6. The predicted octanol–water partition coefficient (Wildman–Crippen LogP) is 3.23. The summed E-state index contributed by atoms with van der Waals surface area (Å²) in [4.78, 5) is 4.38. The number of rotatable bonds is 5. The lowest BCUT2D eigenvalue weighted by molar-refractivity contribution is 0.234. The summed E-state index contributed by atoms with van der Waals surface area (Å²) in [6.07, 6.45) is 3.63. The summed E-state index contributed by atoms with van der Waals surface area (Å²) in [6, 6.07) is 10.1. The Bertz CT molecular complexity index is 764. The molecule has 0 amide bonds. The Morgan fingerprint density at radius 1 is 1.23 bits per heavy atom. The summed E-state index contributed by atoms with van der Waals surface area (Å²) in [6.45, 7) is 6.74. The third kappa shape index (κ3) is 3.19. The lowest BCUT2D eigenvalue weighted by atomic mass is 10.2. The molecule has 0 saturated heterocycles. The van der Waals surface area contributed by atoms with Crippen LogP contribution in [0.25, 0.3) is 5.52 Å². The average molecular weight is 296 g/mol. The molecule has 22 heavy (non-hydrogen) atoms. The second kappa shape index (κ2) is 6.05. The van der Waals surface area contributed by atoms with Gasteiger partial charge in [-0.15, -0.1) is 0 Å². The molecule has 0 spiro atoms. The highest BCUT2D eigenvalue weighted by Crippen LogP contribution is 2.16. The number of nitrogens with zero attached hydrogens (tertiary/aromatic N) is 3. The number of benzene rings is 1. The molecule has 0 radical (unpaired) electrons. The molecule has 1 N–H and O–H groups in total. The van der Waals surface area contributed by atoms with Gasteiger partial charge in [0.05, 0.1) is 12.2 Å². The maximum Gasteiger partial charge on any atom is 0.152 e.